The molecule has 1 N–H and O–H groups in total. The van der Waals surface area contributed by atoms with Crippen molar-refractivity contribution < 1.29 is 14.6 Å². The van der Waals surface area contributed by atoms with Crippen molar-refractivity contribution in [3.63, 3.8) is 0 Å². The third-order valence-corrected chi connectivity index (χ3v) is 3.06. The van der Waals surface area contributed by atoms with Gasteiger partial charge in [-0.05, 0) is 19.1 Å². The van der Waals surface area contributed by atoms with Crippen molar-refractivity contribution in [2.45, 2.75) is 6.92 Å². The molecule has 0 aliphatic carbocycles. The Morgan fingerprint density at radius 1 is 1.53 bits per heavy atom. The summed E-state index contributed by atoms with van der Waals surface area (Å²) in [6, 6.07) is 4.93. The molecule has 2 aromatic rings. The minimum Gasteiger partial charge on any atom is -0.478 e. The summed E-state index contributed by atoms with van der Waals surface area (Å²) in [5, 5.41) is 11.3. The maximum absolute atomic E-state index is 11.0. The standard InChI is InChI=1S/C11H8ClNO3S/c1-6-2-3-8(7(4-6)10(14)15)16-11-13-9(12)5-17-11/h2-5H,1H3,(H,14,15). The summed E-state index contributed by atoms with van der Waals surface area (Å²) >= 11 is 6.87. The van der Waals surface area contributed by atoms with Crippen LogP contribution in [-0.2, 0) is 0 Å². The van der Waals surface area contributed by atoms with Crippen LogP contribution in [0.1, 0.15) is 15.9 Å². The van der Waals surface area contributed by atoms with Crippen molar-refractivity contribution in [3.05, 3.63) is 39.9 Å². The molecule has 17 heavy (non-hydrogen) atoms. The van der Waals surface area contributed by atoms with Crippen LogP contribution in [-0.4, -0.2) is 16.1 Å². The molecule has 0 atom stereocenters. The quantitative estimate of drug-likeness (QED) is 0.925. The van der Waals surface area contributed by atoms with Crippen LogP contribution in [0.3, 0.4) is 0 Å². The molecule has 0 unspecified atom stereocenters. The highest BCUT2D eigenvalue weighted by molar-refractivity contribution is 7.11. The molecular formula is C11H8ClNO3S. The molecule has 0 radical (unpaired) electrons. The summed E-state index contributed by atoms with van der Waals surface area (Å²) < 4.78 is 5.39. The van der Waals surface area contributed by atoms with Gasteiger partial charge in [0.05, 0.1) is 0 Å². The lowest BCUT2D eigenvalue weighted by molar-refractivity contribution is 0.0694. The molecule has 0 aliphatic rings. The van der Waals surface area contributed by atoms with Gasteiger partial charge in [-0.1, -0.05) is 34.6 Å². The van der Waals surface area contributed by atoms with E-state index in [1.807, 2.05) is 6.92 Å². The Labute approximate surface area is 106 Å². The molecule has 6 heteroatoms. The first-order chi connectivity index (χ1) is 8.06. The number of aromatic nitrogens is 1. The van der Waals surface area contributed by atoms with Crippen molar-refractivity contribution in [1.82, 2.24) is 4.98 Å². The van der Waals surface area contributed by atoms with E-state index in [2.05, 4.69) is 4.98 Å². The minimum atomic E-state index is -1.04. The molecule has 88 valence electrons. The van der Waals surface area contributed by atoms with Crippen LogP contribution in [0.15, 0.2) is 23.6 Å². The zero-order chi connectivity index (χ0) is 12.4. The number of hydrogen-bond donors (Lipinski definition) is 1. The molecule has 2 rings (SSSR count). The Morgan fingerprint density at radius 2 is 2.29 bits per heavy atom. The molecule has 0 fully saturated rings. The molecule has 0 spiro atoms. The lowest BCUT2D eigenvalue weighted by Crippen LogP contribution is -2.00. The van der Waals surface area contributed by atoms with E-state index in [-0.39, 0.29) is 11.3 Å². The molecule has 4 nitrogen and oxygen atoms in total. The summed E-state index contributed by atoms with van der Waals surface area (Å²) in [4.78, 5) is 14.9. The highest BCUT2D eigenvalue weighted by atomic mass is 35.5. The fourth-order valence-electron chi connectivity index (χ4n) is 1.28. The van der Waals surface area contributed by atoms with Crippen LogP contribution >= 0.6 is 22.9 Å². The average molecular weight is 270 g/mol. The zero-order valence-electron chi connectivity index (χ0n) is 8.81. The summed E-state index contributed by atoms with van der Waals surface area (Å²) in [5.41, 5.74) is 0.961. The van der Waals surface area contributed by atoms with Crippen molar-refractivity contribution in [1.29, 1.82) is 0 Å². The van der Waals surface area contributed by atoms with Gasteiger partial charge in [0.1, 0.15) is 16.5 Å². The van der Waals surface area contributed by atoms with Gasteiger partial charge in [0.2, 0.25) is 0 Å². The predicted octanol–water partition coefficient (Wildman–Crippen LogP) is 3.60. The van der Waals surface area contributed by atoms with E-state index in [1.165, 1.54) is 11.3 Å². The number of benzene rings is 1. The van der Waals surface area contributed by atoms with E-state index in [0.717, 1.165) is 5.56 Å². The van der Waals surface area contributed by atoms with E-state index < -0.39 is 5.97 Å². The number of carboxylic acids is 1. The van der Waals surface area contributed by atoms with E-state index in [1.54, 1.807) is 23.6 Å². The smallest absolute Gasteiger partial charge is 0.339 e. The number of carbonyl (C=O) groups is 1. The van der Waals surface area contributed by atoms with Gasteiger partial charge in [-0.2, -0.15) is 4.98 Å². The van der Waals surface area contributed by atoms with Crippen molar-refractivity contribution in [2.75, 3.05) is 0 Å². The fourth-order valence-corrected chi connectivity index (χ4v) is 2.08. The van der Waals surface area contributed by atoms with Gasteiger partial charge in [0.25, 0.3) is 5.19 Å². The minimum absolute atomic E-state index is 0.108. The number of carboxylic acid groups (broad SMARTS) is 1. The number of halogens is 1. The number of rotatable bonds is 3. The summed E-state index contributed by atoms with van der Waals surface area (Å²) in [6.07, 6.45) is 0. The topological polar surface area (TPSA) is 59.4 Å². The Balaban J connectivity index is 2.35. The fraction of sp³-hybridized carbons (Fsp3) is 0.0909. The molecule has 0 bridgehead atoms. The summed E-state index contributed by atoms with van der Waals surface area (Å²) in [7, 11) is 0. The van der Waals surface area contributed by atoms with Crippen LogP contribution in [0.5, 0.6) is 10.9 Å². The molecule has 1 heterocycles. The van der Waals surface area contributed by atoms with E-state index in [9.17, 15) is 4.79 Å². The summed E-state index contributed by atoms with van der Waals surface area (Å²) in [5.74, 6) is -0.777. The first-order valence-electron chi connectivity index (χ1n) is 4.69. The maximum atomic E-state index is 11.0. The Hall–Kier alpha value is -1.59. The molecule has 1 aromatic carbocycles. The first-order valence-corrected chi connectivity index (χ1v) is 5.95. The van der Waals surface area contributed by atoms with E-state index in [4.69, 9.17) is 21.4 Å². The highest BCUT2D eigenvalue weighted by Crippen LogP contribution is 2.29. The van der Waals surface area contributed by atoms with E-state index >= 15 is 0 Å². The van der Waals surface area contributed by atoms with Crippen LogP contribution < -0.4 is 4.74 Å². The van der Waals surface area contributed by atoms with Crippen LogP contribution in [0.25, 0.3) is 0 Å². The second-order valence-electron chi connectivity index (χ2n) is 3.34. The molecule has 0 amide bonds. The highest BCUT2D eigenvalue weighted by Gasteiger charge is 2.13. The van der Waals surface area contributed by atoms with Gasteiger partial charge in [-0.25, -0.2) is 4.79 Å². The van der Waals surface area contributed by atoms with Gasteiger partial charge in [-0.3, -0.25) is 0 Å². The first kappa shape index (κ1) is 11.9. The predicted molar refractivity (Wildman–Crippen MR) is 65.3 cm³/mol. The largest absolute Gasteiger partial charge is 0.478 e. The third kappa shape index (κ3) is 2.75. The second-order valence-corrected chi connectivity index (χ2v) is 4.55. The van der Waals surface area contributed by atoms with Gasteiger partial charge in [0, 0.05) is 5.38 Å². The average Bonchev–Trinajstić information content (AvgIpc) is 2.66. The number of aromatic carboxylic acids is 1. The Morgan fingerprint density at radius 3 is 2.88 bits per heavy atom. The number of nitrogens with zero attached hydrogens (tertiary/aromatic N) is 1. The van der Waals surface area contributed by atoms with Gasteiger partial charge >= 0.3 is 5.97 Å². The molecular weight excluding hydrogens is 262 g/mol. The molecule has 1 aromatic heterocycles. The lowest BCUT2D eigenvalue weighted by atomic mass is 10.1. The lowest BCUT2D eigenvalue weighted by Gasteiger charge is -2.06. The van der Waals surface area contributed by atoms with E-state index in [0.29, 0.717) is 10.3 Å². The Kier molecular flexibility index (Phi) is 3.31. The van der Waals surface area contributed by atoms with Gasteiger partial charge < -0.3 is 9.84 Å². The second kappa shape index (κ2) is 4.73. The normalized spacial score (nSPS) is 10.2. The number of ether oxygens (including phenoxy) is 1. The van der Waals surface area contributed by atoms with Crippen LogP contribution in [0.4, 0.5) is 0 Å². The monoisotopic (exact) mass is 269 g/mol. The molecule has 0 saturated carbocycles. The van der Waals surface area contributed by atoms with Gasteiger partial charge in [0.15, 0.2) is 0 Å². The van der Waals surface area contributed by atoms with Crippen LogP contribution in [0.2, 0.25) is 5.15 Å². The third-order valence-electron chi connectivity index (χ3n) is 2.02. The number of hydrogen-bond acceptors (Lipinski definition) is 4. The van der Waals surface area contributed by atoms with Gasteiger partial charge in [-0.15, -0.1) is 0 Å². The van der Waals surface area contributed by atoms with Crippen molar-refractivity contribution in [3.8, 4) is 10.9 Å². The van der Waals surface area contributed by atoms with Crippen molar-refractivity contribution in [2.24, 2.45) is 0 Å². The van der Waals surface area contributed by atoms with Crippen molar-refractivity contribution >= 4 is 28.9 Å². The molecule has 0 saturated heterocycles. The SMILES string of the molecule is Cc1ccc(Oc2nc(Cl)cs2)c(C(=O)O)c1. The Bertz CT molecular complexity index is 568. The number of thiazole rings is 1. The summed E-state index contributed by atoms with van der Waals surface area (Å²) in [6.45, 7) is 1.82. The zero-order valence-corrected chi connectivity index (χ0v) is 10.4. The number of aryl methyl sites for hydroxylation is 1. The molecule has 0 aliphatic heterocycles. The maximum Gasteiger partial charge on any atom is 0.339 e. The van der Waals surface area contributed by atoms with Crippen LogP contribution in [0, 0.1) is 6.92 Å².